The molecular weight excluding hydrogens is 424 g/mol. The molecule has 2 aromatic carbocycles. The van der Waals surface area contributed by atoms with Crippen molar-refractivity contribution in [2.24, 2.45) is 0 Å². The van der Waals surface area contributed by atoms with E-state index in [-0.39, 0.29) is 0 Å². The van der Waals surface area contributed by atoms with E-state index in [1.54, 1.807) is 11.7 Å². The van der Waals surface area contributed by atoms with Gasteiger partial charge in [-0.15, -0.1) is 0 Å². The summed E-state index contributed by atoms with van der Waals surface area (Å²) in [4.78, 5) is 13.8. The van der Waals surface area contributed by atoms with Gasteiger partial charge in [0.2, 0.25) is 0 Å². The molecule has 9 heteroatoms. The van der Waals surface area contributed by atoms with Crippen LogP contribution in [0.2, 0.25) is 0 Å². The first kappa shape index (κ1) is 21.5. The first-order chi connectivity index (χ1) is 16.0. The molecule has 0 aliphatic carbocycles. The largest absolute Gasteiger partial charge is 0.497 e. The van der Waals surface area contributed by atoms with Crippen LogP contribution in [-0.2, 0) is 4.74 Å². The standard InChI is InChI=1S/C24H24N4O5/c1-13-5-3-4-6-16(13)22-27-19-18(14-7-9-15(32-2)10-8-14)25-12-26-23(19)28(22)24-21(31)20(30)17(11-29)33-24/h3-10,12,17,20-21,24,29-31H,11H2,1-2H3/t17-,20-,21-,24-/m1/s1. The van der Waals surface area contributed by atoms with Crippen LogP contribution in [0.5, 0.6) is 5.75 Å². The van der Waals surface area contributed by atoms with Gasteiger partial charge in [0.25, 0.3) is 0 Å². The summed E-state index contributed by atoms with van der Waals surface area (Å²) in [7, 11) is 1.61. The lowest BCUT2D eigenvalue weighted by Gasteiger charge is -2.20. The van der Waals surface area contributed by atoms with Gasteiger partial charge in [0.05, 0.1) is 13.7 Å². The minimum absolute atomic E-state index is 0.423. The van der Waals surface area contributed by atoms with Crippen molar-refractivity contribution in [3.05, 3.63) is 60.4 Å². The highest BCUT2D eigenvalue weighted by Crippen LogP contribution is 2.38. The zero-order valence-electron chi connectivity index (χ0n) is 18.2. The first-order valence-electron chi connectivity index (χ1n) is 10.6. The van der Waals surface area contributed by atoms with Gasteiger partial charge in [0, 0.05) is 11.1 Å². The van der Waals surface area contributed by atoms with Crippen molar-refractivity contribution in [3.63, 3.8) is 0 Å². The molecule has 1 saturated heterocycles. The normalized spacial score (nSPS) is 22.7. The summed E-state index contributed by atoms with van der Waals surface area (Å²) >= 11 is 0. The quantitative estimate of drug-likeness (QED) is 0.424. The maximum Gasteiger partial charge on any atom is 0.166 e. The Bertz CT molecular complexity index is 1290. The minimum Gasteiger partial charge on any atom is -0.497 e. The predicted octanol–water partition coefficient (Wildman–Crippen LogP) is 2.09. The molecule has 5 rings (SSSR count). The third-order valence-electron chi connectivity index (χ3n) is 6.00. The molecule has 2 aromatic heterocycles. The topological polar surface area (TPSA) is 123 Å². The van der Waals surface area contributed by atoms with E-state index in [9.17, 15) is 15.3 Å². The van der Waals surface area contributed by atoms with Gasteiger partial charge in [-0.25, -0.2) is 15.0 Å². The van der Waals surface area contributed by atoms with Gasteiger partial charge >= 0.3 is 0 Å². The van der Waals surface area contributed by atoms with Crippen molar-refractivity contribution in [2.45, 2.75) is 31.5 Å². The van der Waals surface area contributed by atoms with E-state index in [4.69, 9.17) is 14.5 Å². The Balaban J connectivity index is 1.75. The summed E-state index contributed by atoms with van der Waals surface area (Å²) in [5, 5.41) is 30.8. The van der Waals surface area contributed by atoms with Crippen LogP contribution in [0, 0.1) is 6.92 Å². The maximum absolute atomic E-state index is 10.8. The Hall–Kier alpha value is -3.37. The second-order valence-electron chi connectivity index (χ2n) is 7.97. The number of rotatable bonds is 5. The summed E-state index contributed by atoms with van der Waals surface area (Å²) in [6.45, 7) is 1.54. The highest BCUT2D eigenvalue weighted by atomic mass is 16.6. The van der Waals surface area contributed by atoms with Gasteiger partial charge in [0.15, 0.2) is 11.9 Å². The molecule has 1 aliphatic heterocycles. The number of nitrogens with zero attached hydrogens (tertiary/aromatic N) is 4. The fourth-order valence-corrected chi connectivity index (χ4v) is 4.22. The zero-order valence-corrected chi connectivity index (χ0v) is 18.2. The van der Waals surface area contributed by atoms with Gasteiger partial charge < -0.3 is 24.8 Å². The molecule has 9 nitrogen and oxygen atoms in total. The van der Waals surface area contributed by atoms with Crippen molar-refractivity contribution in [2.75, 3.05) is 13.7 Å². The van der Waals surface area contributed by atoms with Crippen molar-refractivity contribution >= 4 is 11.2 Å². The molecule has 3 N–H and O–H groups in total. The summed E-state index contributed by atoms with van der Waals surface area (Å²) in [5.74, 6) is 1.25. The zero-order chi connectivity index (χ0) is 23.1. The van der Waals surface area contributed by atoms with E-state index in [1.807, 2.05) is 55.5 Å². The third-order valence-corrected chi connectivity index (χ3v) is 6.00. The number of fused-ring (bicyclic) bond motifs is 1. The molecule has 0 radical (unpaired) electrons. The lowest BCUT2D eigenvalue weighted by atomic mass is 10.1. The number of aliphatic hydroxyl groups is 3. The van der Waals surface area contributed by atoms with E-state index in [0.29, 0.717) is 22.7 Å². The van der Waals surface area contributed by atoms with Crippen LogP contribution >= 0.6 is 0 Å². The number of benzene rings is 2. The molecular formula is C24H24N4O5. The highest BCUT2D eigenvalue weighted by Gasteiger charge is 2.45. The van der Waals surface area contributed by atoms with Gasteiger partial charge in [-0.2, -0.15) is 0 Å². The van der Waals surface area contributed by atoms with Crippen molar-refractivity contribution in [3.8, 4) is 28.4 Å². The minimum atomic E-state index is -1.28. The molecule has 4 aromatic rings. The van der Waals surface area contributed by atoms with Crippen molar-refractivity contribution in [1.29, 1.82) is 0 Å². The molecule has 4 atom stereocenters. The Kier molecular flexibility index (Phi) is 5.55. The van der Waals surface area contributed by atoms with Crippen LogP contribution in [0.15, 0.2) is 54.9 Å². The van der Waals surface area contributed by atoms with Crippen LogP contribution in [0.1, 0.15) is 11.8 Å². The Morgan fingerprint density at radius 3 is 2.45 bits per heavy atom. The van der Waals surface area contributed by atoms with Crippen LogP contribution in [0.25, 0.3) is 33.8 Å². The number of imidazole rings is 1. The van der Waals surface area contributed by atoms with Crippen molar-refractivity contribution < 1.29 is 24.8 Å². The second kappa shape index (κ2) is 8.53. The number of hydrogen-bond donors (Lipinski definition) is 3. The number of ether oxygens (including phenoxy) is 2. The van der Waals surface area contributed by atoms with E-state index in [1.165, 1.54) is 6.33 Å². The van der Waals surface area contributed by atoms with Gasteiger partial charge in [-0.1, -0.05) is 24.3 Å². The van der Waals surface area contributed by atoms with Crippen LogP contribution < -0.4 is 4.74 Å². The van der Waals surface area contributed by atoms with E-state index < -0.39 is 31.1 Å². The van der Waals surface area contributed by atoms with E-state index >= 15 is 0 Å². The van der Waals surface area contributed by atoms with Crippen LogP contribution in [0.3, 0.4) is 0 Å². The number of aryl methyl sites for hydroxylation is 1. The lowest BCUT2D eigenvalue weighted by molar-refractivity contribution is -0.0503. The third kappa shape index (κ3) is 3.55. The molecule has 33 heavy (non-hydrogen) atoms. The maximum atomic E-state index is 10.8. The number of hydrogen-bond acceptors (Lipinski definition) is 8. The smallest absolute Gasteiger partial charge is 0.166 e. The van der Waals surface area contributed by atoms with Gasteiger partial charge in [-0.05, 0) is 36.8 Å². The fraction of sp³-hybridized carbons (Fsp3) is 0.292. The van der Waals surface area contributed by atoms with Gasteiger partial charge in [-0.3, -0.25) is 4.57 Å². The van der Waals surface area contributed by atoms with Crippen molar-refractivity contribution in [1.82, 2.24) is 19.5 Å². The molecule has 0 spiro atoms. The molecule has 0 saturated carbocycles. The summed E-state index contributed by atoms with van der Waals surface area (Å²) in [6.07, 6.45) is -3.00. The Labute approximate surface area is 189 Å². The molecule has 0 unspecified atom stereocenters. The fourth-order valence-electron chi connectivity index (χ4n) is 4.22. The number of aromatic nitrogens is 4. The van der Waals surface area contributed by atoms with Crippen LogP contribution in [0.4, 0.5) is 0 Å². The highest BCUT2D eigenvalue weighted by molar-refractivity contribution is 5.90. The van der Waals surface area contributed by atoms with Crippen LogP contribution in [-0.4, -0.2) is 66.9 Å². The van der Waals surface area contributed by atoms with Gasteiger partial charge in [0.1, 0.15) is 47.4 Å². The summed E-state index contributed by atoms with van der Waals surface area (Å²) in [6, 6.07) is 15.2. The van der Waals surface area contributed by atoms with E-state index in [2.05, 4.69) is 9.97 Å². The Morgan fingerprint density at radius 2 is 1.79 bits per heavy atom. The molecule has 1 fully saturated rings. The lowest BCUT2D eigenvalue weighted by Crippen LogP contribution is -2.33. The molecule has 1 aliphatic rings. The Morgan fingerprint density at radius 1 is 1.03 bits per heavy atom. The molecule has 0 bridgehead atoms. The first-order valence-corrected chi connectivity index (χ1v) is 10.6. The number of methoxy groups -OCH3 is 1. The molecule has 3 heterocycles. The molecule has 170 valence electrons. The monoisotopic (exact) mass is 448 g/mol. The van der Waals surface area contributed by atoms with E-state index in [0.717, 1.165) is 22.4 Å². The average molecular weight is 448 g/mol. The average Bonchev–Trinajstić information content (AvgIpc) is 3.36. The second-order valence-corrected chi connectivity index (χ2v) is 7.97. The molecule has 0 amide bonds. The summed E-state index contributed by atoms with van der Waals surface area (Å²) < 4.78 is 12.8. The SMILES string of the molecule is COc1ccc(-c2ncnc3c2nc(-c2ccccc2C)n3[C@@H]2O[C@H](CO)[C@@H](O)[C@H]2O)cc1. The predicted molar refractivity (Wildman–Crippen MR) is 120 cm³/mol. The summed E-state index contributed by atoms with van der Waals surface area (Å²) in [5.41, 5.74) is 4.21. The number of aliphatic hydroxyl groups excluding tert-OH is 3.